The van der Waals surface area contributed by atoms with Crippen LogP contribution in [0.5, 0.6) is 0 Å². The Morgan fingerprint density at radius 2 is 1.93 bits per heavy atom. The molecule has 1 fully saturated rings. The van der Waals surface area contributed by atoms with Gasteiger partial charge in [-0.25, -0.2) is 26.3 Å². The van der Waals surface area contributed by atoms with Crippen molar-refractivity contribution in [3.63, 3.8) is 0 Å². The zero-order chi connectivity index (χ0) is 20.3. The molecule has 0 aliphatic heterocycles. The highest BCUT2D eigenvalue weighted by Crippen LogP contribution is 2.39. The molecule has 13 heteroatoms. The zero-order valence-electron chi connectivity index (χ0n) is 13.8. The number of fused-ring (bicyclic) bond motifs is 1. The van der Waals surface area contributed by atoms with E-state index >= 15 is 0 Å². The first-order chi connectivity index (χ1) is 13.2. The molecule has 3 heterocycles. The first-order valence-electron chi connectivity index (χ1n) is 7.88. The lowest BCUT2D eigenvalue weighted by Crippen LogP contribution is -2.38. The number of pyridine rings is 1. The topological polar surface area (TPSA) is 76.4 Å². The fourth-order valence-corrected chi connectivity index (χ4v) is 5.61. The van der Waals surface area contributed by atoms with Crippen LogP contribution >= 0.6 is 34.5 Å². The van der Waals surface area contributed by atoms with Crippen molar-refractivity contribution >= 4 is 50.1 Å². The van der Waals surface area contributed by atoms with Crippen molar-refractivity contribution in [2.45, 2.75) is 29.7 Å². The number of hydrogen-bond acceptors (Lipinski definition) is 5. The van der Waals surface area contributed by atoms with Gasteiger partial charge in [0.25, 0.3) is 6.43 Å². The maximum absolute atomic E-state index is 13.1. The van der Waals surface area contributed by atoms with Gasteiger partial charge in [-0.05, 0) is 25.0 Å². The molecule has 0 atom stereocenters. The molecule has 0 spiro atoms. The van der Waals surface area contributed by atoms with Gasteiger partial charge in [0.05, 0.1) is 26.8 Å². The van der Waals surface area contributed by atoms with Crippen LogP contribution in [0.3, 0.4) is 0 Å². The van der Waals surface area contributed by atoms with Crippen molar-refractivity contribution in [3.8, 4) is 10.7 Å². The Hall–Kier alpha value is -1.40. The Labute approximate surface area is 171 Å². The summed E-state index contributed by atoms with van der Waals surface area (Å²) >= 11 is 13.1. The van der Waals surface area contributed by atoms with Crippen LogP contribution in [-0.4, -0.2) is 35.2 Å². The van der Waals surface area contributed by atoms with E-state index in [1.807, 2.05) is 0 Å². The first-order valence-corrected chi connectivity index (χ1v) is 10.9. The van der Waals surface area contributed by atoms with Crippen molar-refractivity contribution in [1.29, 1.82) is 0 Å². The number of alkyl halides is 3. The van der Waals surface area contributed by atoms with E-state index in [-0.39, 0.29) is 31.2 Å². The number of rotatable bonds is 6. The second-order valence-corrected chi connectivity index (χ2v) is 9.89. The van der Waals surface area contributed by atoms with Crippen LogP contribution < -0.4 is 4.72 Å². The third-order valence-corrected chi connectivity index (χ3v) is 7.43. The fourth-order valence-electron chi connectivity index (χ4n) is 2.71. The fraction of sp³-hybridized carbons (Fsp3) is 0.333. The monoisotopic (exact) mass is 470 g/mol. The van der Waals surface area contributed by atoms with Gasteiger partial charge in [0.1, 0.15) is 11.6 Å². The Morgan fingerprint density at radius 3 is 2.50 bits per heavy atom. The van der Waals surface area contributed by atoms with Gasteiger partial charge in [0.15, 0.2) is 10.0 Å². The summed E-state index contributed by atoms with van der Waals surface area (Å²) in [5.74, 6) is 0. The van der Waals surface area contributed by atoms with Gasteiger partial charge in [0.2, 0.25) is 10.0 Å². The van der Waals surface area contributed by atoms with E-state index in [4.69, 9.17) is 23.2 Å². The summed E-state index contributed by atoms with van der Waals surface area (Å²) in [5, 5.41) is 7.02. The normalized spacial score (nSPS) is 16.2. The molecule has 0 aromatic carbocycles. The van der Waals surface area contributed by atoms with Crippen LogP contribution in [-0.2, 0) is 10.0 Å². The number of nitrogens with one attached hydrogen (secondary N) is 1. The first kappa shape index (κ1) is 19.9. The Kier molecular flexibility index (Phi) is 4.86. The molecule has 1 aliphatic rings. The molecule has 1 aliphatic carbocycles. The maximum Gasteiger partial charge on any atom is 0.291 e. The van der Waals surface area contributed by atoms with E-state index in [2.05, 4.69) is 14.9 Å². The second kappa shape index (κ2) is 6.84. The van der Waals surface area contributed by atoms with Gasteiger partial charge in [-0.3, -0.25) is 0 Å². The smallest absolute Gasteiger partial charge is 0.291 e. The Bertz CT molecular complexity index is 1180. The molecule has 0 unspecified atom stereocenters. The van der Waals surface area contributed by atoms with E-state index in [9.17, 15) is 21.6 Å². The van der Waals surface area contributed by atoms with E-state index in [0.717, 1.165) is 0 Å². The second-order valence-electron chi connectivity index (χ2n) is 6.39. The average molecular weight is 471 g/mol. The Morgan fingerprint density at radius 1 is 1.25 bits per heavy atom. The Balaban J connectivity index is 1.85. The quantitative estimate of drug-likeness (QED) is 0.575. The molecule has 1 saturated carbocycles. The van der Waals surface area contributed by atoms with Gasteiger partial charge in [-0.15, -0.1) is 10.2 Å². The van der Waals surface area contributed by atoms with Gasteiger partial charge >= 0.3 is 0 Å². The van der Waals surface area contributed by atoms with Crippen molar-refractivity contribution in [1.82, 2.24) is 19.3 Å². The standard InChI is InChI=1S/C15H11Cl2F3N4O2S2/c16-8-3-7(28(25,26)23-15(6-18)1-2-15)5-24-10(4-9(17)11(8)24)13-21-22-14(27-13)12(19)20/h3-5,12,23H,1-2,6H2. The maximum atomic E-state index is 13.1. The van der Waals surface area contributed by atoms with Crippen LogP contribution in [0.25, 0.3) is 16.2 Å². The highest BCUT2D eigenvalue weighted by Gasteiger charge is 2.46. The third kappa shape index (κ3) is 3.39. The predicted octanol–water partition coefficient (Wildman–Crippen LogP) is 4.48. The molecule has 3 aromatic rings. The summed E-state index contributed by atoms with van der Waals surface area (Å²) in [5.41, 5.74) is -0.532. The lowest BCUT2D eigenvalue weighted by Gasteiger charge is -2.14. The summed E-state index contributed by atoms with van der Waals surface area (Å²) in [6.45, 7) is -0.815. The molecule has 28 heavy (non-hydrogen) atoms. The predicted molar refractivity (Wildman–Crippen MR) is 99.5 cm³/mol. The molecule has 0 saturated heterocycles. The average Bonchev–Trinajstić information content (AvgIpc) is 3.07. The molecule has 1 N–H and O–H groups in total. The summed E-state index contributed by atoms with van der Waals surface area (Å²) in [7, 11) is -4.07. The summed E-state index contributed by atoms with van der Waals surface area (Å²) in [6.07, 6.45) is -0.740. The molecule has 150 valence electrons. The molecule has 0 bridgehead atoms. The van der Waals surface area contributed by atoms with E-state index in [0.29, 0.717) is 24.2 Å². The lowest BCUT2D eigenvalue weighted by atomic mass is 10.3. The SMILES string of the molecule is O=S(=O)(NC1(CF)CC1)c1cc(Cl)c2c(Cl)cc(-c3nnc(C(F)F)s3)n2c1. The van der Waals surface area contributed by atoms with Gasteiger partial charge < -0.3 is 4.40 Å². The molecule has 4 rings (SSSR count). The van der Waals surface area contributed by atoms with E-state index in [1.54, 1.807) is 0 Å². The minimum absolute atomic E-state index is 0.0304. The van der Waals surface area contributed by atoms with Crippen LogP contribution in [0.15, 0.2) is 23.2 Å². The van der Waals surface area contributed by atoms with Crippen molar-refractivity contribution < 1.29 is 21.6 Å². The van der Waals surface area contributed by atoms with Gasteiger partial charge in [-0.2, -0.15) is 0 Å². The van der Waals surface area contributed by atoms with Crippen LogP contribution in [0.1, 0.15) is 24.3 Å². The zero-order valence-corrected chi connectivity index (χ0v) is 16.9. The molecular formula is C15H11Cl2F3N4O2S2. The van der Waals surface area contributed by atoms with Gasteiger partial charge in [-0.1, -0.05) is 34.5 Å². The van der Waals surface area contributed by atoms with Crippen molar-refractivity contribution in [2.24, 2.45) is 0 Å². The van der Waals surface area contributed by atoms with Crippen molar-refractivity contribution in [3.05, 3.63) is 33.4 Å². The lowest BCUT2D eigenvalue weighted by molar-refractivity contribution is 0.150. The molecule has 6 nitrogen and oxygen atoms in total. The van der Waals surface area contributed by atoms with Crippen LogP contribution in [0.2, 0.25) is 10.0 Å². The van der Waals surface area contributed by atoms with Gasteiger partial charge in [0, 0.05) is 6.20 Å². The van der Waals surface area contributed by atoms with E-state index in [1.165, 1.54) is 22.7 Å². The number of halogens is 5. The summed E-state index contributed by atoms with van der Waals surface area (Å²) in [4.78, 5) is -0.211. The summed E-state index contributed by atoms with van der Waals surface area (Å²) in [6, 6.07) is 2.64. The number of nitrogens with zero attached hydrogens (tertiary/aromatic N) is 3. The molecule has 3 aromatic heterocycles. The number of sulfonamides is 1. The number of hydrogen-bond donors (Lipinski definition) is 1. The number of aromatic nitrogens is 3. The third-order valence-electron chi connectivity index (χ3n) is 4.36. The van der Waals surface area contributed by atoms with Crippen LogP contribution in [0.4, 0.5) is 13.2 Å². The highest BCUT2D eigenvalue weighted by atomic mass is 35.5. The van der Waals surface area contributed by atoms with E-state index < -0.39 is 33.7 Å². The minimum Gasteiger partial charge on any atom is -0.310 e. The molecule has 0 amide bonds. The largest absolute Gasteiger partial charge is 0.310 e. The van der Waals surface area contributed by atoms with Crippen molar-refractivity contribution in [2.75, 3.05) is 6.67 Å². The summed E-state index contributed by atoms with van der Waals surface area (Å²) < 4.78 is 67.9. The molecule has 0 radical (unpaired) electrons. The minimum atomic E-state index is -4.07. The highest BCUT2D eigenvalue weighted by molar-refractivity contribution is 7.89. The van der Waals surface area contributed by atoms with Crippen LogP contribution in [0, 0.1) is 0 Å². The molecular weight excluding hydrogens is 460 g/mol.